The average Bonchev–Trinajstić information content (AvgIpc) is 3.24. The van der Waals surface area contributed by atoms with Crippen LogP contribution in [0.5, 0.6) is 0 Å². The van der Waals surface area contributed by atoms with Crippen molar-refractivity contribution in [2.45, 2.75) is 83.6 Å². The molecular formula is C27H34F3NO. The van der Waals surface area contributed by atoms with E-state index in [4.69, 9.17) is 4.74 Å². The predicted molar refractivity (Wildman–Crippen MR) is 124 cm³/mol. The molecule has 174 valence electrons. The first-order valence-electron chi connectivity index (χ1n) is 12.0. The Morgan fingerprint density at radius 3 is 2.06 bits per heavy atom. The number of aryl methyl sites for hydroxylation is 1. The Bertz CT molecular complexity index is 876. The van der Waals surface area contributed by atoms with Crippen LogP contribution in [0.15, 0.2) is 41.4 Å². The lowest BCUT2D eigenvalue weighted by Gasteiger charge is -2.09. The van der Waals surface area contributed by atoms with Crippen molar-refractivity contribution in [2.24, 2.45) is 4.99 Å². The lowest BCUT2D eigenvalue weighted by atomic mass is 10.0. The third-order valence-electron chi connectivity index (χ3n) is 6.07. The Hall–Kier alpha value is -2.30. The van der Waals surface area contributed by atoms with Crippen LogP contribution in [-0.2, 0) is 11.2 Å². The second-order valence-electron chi connectivity index (χ2n) is 8.65. The fraction of sp³-hybridized carbons (Fsp3) is 0.519. The van der Waals surface area contributed by atoms with E-state index >= 15 is 0 Å². The van der Waals surface area contributed by atoms with E-state index in [1.165, 1.54) is 57.4 Å². The zero-order valence-electron chi connectivity index (χ0n) is 19.0. The molecule has 2 nitrogen and oxygen atoms in total. The number of halogens is 3. The van der Waals surface area contributed by atoms with E-state index in [9.17, 15) is 13.2 Å². The van der Waals surface area contributed by atoms with Gasteiger partial charge in [-0.2, -0.15) is 0 Å². The highest BCUT2D eigenvalue weighted by atomic mass is 19.1. The summed E-state index contributed by atoms with van der Waals surface area (Å²) in [5, 5.41) is 0. The van der Waals surface area contributed by atoms with Crippen LogP contribution in [0.25, 0.3) is 0 Å². The summed E-state index contributed by atoms with van der Waals surface area (Å²) in [5.74, 6) is -1.94. The van der Waals surface area contributed by atoms with E-state index in [1.807, 2.05) is 6.07 Å². The summed E-state index contributed by atoms with van der Waals surface area (Å²) < 4.78 is 48.1. The van der Waals surface area contributed by atoms with Gasteiger partial charge in [-0.25, -0.2) is 18.2 Å². The van der Waals surface area contributed by atoms with Gasteiger partial charge in [-0.1, -0.05) is 82.9 Å². The molecule has 0 N–H and O–H groups in total. The minimum absolute atomic E-state index is 0.0673. The zero-order chi connectivity index (χ0) is 22.8. The molecule has 0 radical (unpaired) electrons. The molecule has 0 aliphatic carbocycles. The third kappa shape index (κ3) is 6.85. The Kier molecular flexibility index (Phi) is 9.63. The molecule has 0 bridgehead atoms. The van der Waals surface area contributed by atoms with Gasteiger partial charge in [-0.3, -0.25) is 0 Å². The van der Waals surface area contributed by atoms with Crippen molar-refractivity contribution >= 4 is 5.90 Å². The van der Waals surface area contributed by atoms with Crippen LogP contribution in [-0.4, -0.2) is 12.5 Å². The summed E-state index contributed by atoms with van der Waals surface area (Å²) >= 11 is 0. The van der Waals surface area contributed by atoms with Crippen molar-refractivity contribution in [1.82, 2.24) is 0 Å². The fourth-order valence-electron chi connectivity index (χ4n) is 4.19. The molecule has 0 amide bonds. The maximum atomic E-state index is 14.7. The van der Waals surface area contributed by atoms with Gasteiger partial charge in [0.05, 0.1) is 0 Å². The van der Waals surface area contributed by atoms with Gasteiger partial charge in [-0.05, 0) is 36.6 Å². The van der Waals surface area contributed by atoms with Gasteiger partial charge in [0.25, 0.3) is 0 Å². The quantitative estimate of drug-likeness (QED) is 0.286. The highest BCUT2D eigenvalue weighted by Crippen LogP contribution is 2.29. The molecular weight excluding hydrogens is 411 g/mol. The molecule has 1 heterocycles. The van der Waals surface area contributed by atoms with E-state index in [0.717, 1.165) is 37.0 Å². The number of unbranched alkanes of at least 4 members (excludes halogenated alkanes) is 9. The number of ether oxygens (including phenoxy) is 1. The average molecular weight is 446 g/mol. The highest BCUT2D eigenvalue weighted by molar-refractivity contribution is 5.95. The van der Waals surface area contributed by atoms with Crippen LogP contribution in [0, 0.1) is 17.5 Å². The van der Waals surface area contributed by atoms with Crippen molar-refractivity contribution in [3.05, 3.63) is 70.5 Å². The molecule has 0 aromatic heterocycles. The number of hydrogen-bond donors (Lipinski definition) is 0. The first-order valence-corrected chi connectivity index (χ1v) is 12.0. The number of nitrogens with zero attached hydrogens (tertiary/aromatic N) is 1. The van der Waals surface area contributed by atoms with Gasteiger partial charge < -0.3 is 4.74 Å². The normalized spacial score (nSPS) is 15.6. The number of aliphatic imine (C=N–C) groups is 1. The molecule has 2 aromatic rings. The lowest BCUT2D eigenvalue weighted by Crippen LogP contribution is -2.07. The Balaban J connectivity index is 1.45. The molecule has 5 heteroatoms. The lowest BCUT2D eigenvalue weighted by molar-refractivity contribution is 0.315. The summed E-state index contributed by atoms with van der Waals surface area (Å²) in [7, 11) is 0. The molecule has 0 spiro atoms. The smallest absolute Gasteiger partial charge is 0.222 e. The SMILES string of the molecule is CCCCCCCCCCCCc1ccc(C2COC(c3c(F)cccc3F)=N2)c(F)c1. The second kappa shape index (κ2) is 12.7. The third-order valence-corrected chi connectivity index (χ3v) is 6.07. The monoisotopic (exact) mass is 445 g/mol. The van der Waals surface area contributed by atoms with Crippen molar-refractivity contribution in [3.63, 3.8) is 0 Å². The number of rotatable bonds is 13. The number of benzene rings is 2. The molecule has 32 heavy (non-hydrogen) atoms. The maximum absolute atomic E-state index is 14.7. The van der Waals surface area contributed by atoms with E-state index in [-0.39, 0.29) is 23.9 Å². The van der Waals surface area contributed by atoms with Crippen molar-refractivity contribution in [1.29, 1.82) is 0 Å². The van der Waals surface area contributed by atoms with Crippen molar-refractivity contribution < 1.29 is 17.9 Å². The molecule has 0 saturated heterocycles. The van der Waals surface area contributed by atoms with Gasteiger partial charge in [0.1, 0.15) is 35.7 Å². The van der Waals surface area contributed by atoms with Crippen LogP contribution in [0.1, 0.15) is 93.9 Å². The first kappa shape index (κ1) is 24.3. The van der Waals surface area contributed by atoms with Crippen LogP contribution < -0.4 is 0 Å². The van der Waals surface area contributed by atoms with Gasteiger partial charge in [0, 0.05) is 5.56 Å². The van der Waals surface area contributed by atoms with Crippen LogP contribution >= 0.6 is 0 Å². The molecule has 1 unspecified atom stereocenters. The van der Waals surface area contributed by atoms with Crippen molar-refractivity contribution in [2.75, 3.05) is 6.61 Å². The van der Waals surface area contributed by atoms with Gasteiger partial charge in [-0.15, -0.1) is 0 Å². The maximum Gasteiger partial charge on any atom is 0.222 e. The van der Waals surface area contributed by atoms with Gasteiger partial charge >= 0.3 is 0 Å². The summed E-state index contributed by atoms with van der Waals surface area (Å²) in [5.41, 5.74) is 1.06. The molecule has 1 aliphatic heterocycles. The van der Waals surface area contributed by atoms with Gasteiger partial charge in [0.15, 0.2) is 0 Å². The molecule has 2 aromatic carbocycles. The predicted octanol–water partition coefficient (Wildman–Crippen LogP) is 8.09. The summed E-state index contributed by atoms with van der Waals surface area (Å²) in [6.45, 7) is 2.31. The Morgan fingerprint density at radius 2 is 1.44 bits per heavy atom. The first-order chi connectivity index (χ1) is 15.6. The summed E-state index contributed by atoms with van der Waals surface area (Å²) in [6.07, 6.45) is 13.6. The molecule has 1 aliphatic rings. The second-order valence-corrected chi connectivity index (χ2v) is 8.65. The minimum atomic E-state index is -0.739. The van der Waals surface area contributed by atoms with E-state index in [2.05, 4.69) is 11.9 Å². The van der Waals surface area contributed by atoms with E-state index < -0.39 is 17.7 Å². The summed E-state index contributed by atoms with van der Waals surface area (Å²) in [6, 6.07) is 8.19. The van der Waals surface area contributed by atoms with Crippen LogP contribution in [0.2, 0.25) is 0 Å². The van der Waals surface area contributed by atoms with Crippen LogP contribution in [0.4, 0.5) is 13.2 Å². The minimum Gasteiger partial charge on any atom is -0.475 e. The fourth-order valence-corrected chi connectivity index (χ4v) is 4.19. The molecule has 1 atom stereocenters. The molecule has 3 rings (SSSR count). The molecule has 0 fully saturated rings. The largest absolute Gasteiger partial charge is 0.475 e. The van der Waals surface area contributed by atoms with Gasteiger partial charge in [0.2, 0.25) is 5.90 Å². The number of hydrogen-bond acceptors (Lipinski definition) is 2. The van der Waals surface area contributed by atoms with Crippen LogP contribution in [0.3, 0.4) is 0 Å². The highest BCUT2D eigenvalue weighted by Gasteiger charge is 2.27. The van der Waals surface area contributed by atoms with E-state index in [1.54, 1.807) is 12.1 Å². The zero-order valence-corrected chi connectivity index (χ0v) is 19.0. The molecule has 0 saturated carbocycles. The summed E-state index contributed by atoms with van der Waals surface area (Å²) in [4.78, 5) is 4.24. The van der Waals surface area contributed by atoms with Crippen molar-refractivity contribution in [3.8, 4) is 0 Å². The van der Waals surface area contributed by atoms with E-state index in [0.29, 0.717) is 5.56 Å². The Labute approximate surface area is 189 Å². The Morgan fingerprint density at radius 1 is 0.812 bits per heavy atom. The topological polar surface area (TPSA) is 21.6 Å². The standard InChI is InChI=1S/C27H34F3NO/c1-2-3-4-5-6-7-8-9-10-11-13-20-16-17-21(24(30)18-20)25-19-32-27(31-25)26-22(28)14-12-15-23(26)29/h12,14-18,25H,2-11,13,19H2,1H3.